The highest BCUT2D eigenvalue weighted by molar-refractivity contribution is 5.76. The van der Waals surface area contributed by atoms with Gasteiger partial charge in [0, 0.05) is 33.8 Å². The summed E-state index contributed by atoms with van der Waals surface area (Å²) in [6.07, 6.45) is 2.68. The van der Waals surface area contributed by atoms with Gasteiger partial charge in [-0.05, 0) is 30.5 Å². The summed E-state index contributed by atoms with van der Waals surface area (Å²) in [7, 11) is 3.62. The van der Waals surface area contributed by atoms with Crippen LogP contribution in [0.15, 0.2) is 23.0 Å². The lowest BCUT2D eigenvalue weighted by Gasteiger charge is -2.10. The molecular weight excluding hydrogens is 290 g/mol. The fourth-order valence-corrected chi connectivity index (χ4v) is 2.85. The molecule has 1 atom stereocenters. The van der Waals surface area contributed by atoms with E-state index in [0.717, 1.165) is 37.2 Å². The van der Waals surface area contributed by atoms with Crippen molar-refractivity contribution in [2.45, 2.75) is 25.5 Å². The van der Waals surface area contributed by atoms with Crippen LogP contribution in [0.2, 0.25) is 0 Å². The zero-order valence-electron chi connectivity index (χ0n) is 12.4. The molecule has 1 aromatic heterocycles. The number of halogens is 1. The maximum Gasteiger partial charge on any atom is 0.328 e. The number of hydrogen-bond acceptors (Lipinski definition) is 3. The first kappa shape index (κ1) is 16.1. The number of aryl methyl sites for hydroxylation is 2. The van der Waals surface area contributed by atoms with Gasteiger partial charge in [-0.1, -0.05) is 6.07 Å². The summed E-state index contributed by atoms with van der Waals surface area (Å²) < 4.78 is 8.96. The Morgan fingerprint density at radius 1 is 1.29 bits per heavy atom. The normalized spacial score (nSPS) is 18.1. The third-order valence-corrected chi connectivity index (χ3v) is 4.06. The van der Waals surface area contributed by atoms with Crippen molar-refractivity contribution >= 4 is 11.0 Å². The van der Waals surface area contributed by atoms with Gasteiger partial charge in [0.2, 0.25) is 0 Å². The third kappa shape index (κ3) is 3.15. The van der Waals surface area contributed by atoms with Crippen molar-refractivity contribution in [2.75, 3.05) is 13.2 Å². The summed E-state index contributed by atoms with van der Waals surface area (Å²) >= 11 is 0. The largest absolute Gasteiger partial charge is 1.00 e. The van der Waals surface area contributed by atoms with Gasteiger partial charge in [0.05, 0.1) is 17.1 Å². The van der Waals surface area contributed by atoms with Gasteiger partial charge in [-0.3, -0.25) is 9.13 Å². The number of nitrogens with zero attached hydrogens (tertiary/aromatic N) is 2. The molecule has 1 aromatic carbocycles. The number of ether oxygens (including phenoxy) is 1. The Hall–Kier alpha value is -1.30. The zero-order chi connectivity index (χ0) is 14.1. The highest BCUT2D eigenvalue weighted by atomic mass is 35.5. The van der Waals surface area contributed by atoms with E-state index in [1.165, 1.54) is 12.0 Å². The van der Waals surface area contributed by atoms with Crippen molar-refractivity contribution in [3.8, 4) is 0 Å². The molecule has 0 spiro atoms. The van der Waals surface area contributed by atoms with E-state index in [2.05, 4.69) is 17.4 Å². The number of imidazole rings is 1. The Bertz CT molecular complexity index is 671. The first-order valence-electron chi connectivity index (χ1n) is 7.13. The maximum atomic E-state index is 11.9. The van der Waals surface area contributed by atoms with E-state index in [9.17, 15) is 4.79 Å². The Kier molecular flexibility index (Phi) is 5.08. The number of nitrogens with one attached hydrogen (secondary N) is 1. The molecule has 0 amide bonds. The molecule has 2 aromatic rings. The molecule has 6 heteroatoms. The Balaban J connectivity index is 0.00000161. The number of fused-ring (bicyclic) bond motifs is 1. The predicted octanol–water partition coefficient (Wildman–Crippen LogP) is -1.85. The fourth-order valence-electron chi connectivity index (χ4n) is 2.85. The van der Waals surface area contributed by atoms with E-state index in [4.69, 9.17) is 4.74 Å². The molecule has 21 heavy (non-hydrogen) atoms. The summed E-state index contributed by atoms with van der Waals surface area (Å²) in [6, 6.07) is 6.17. The SMILES string of the molecule is Cn1c(=O)n(C)c2cc(CNCC3CCCO3)ccc21.[Cl-]. The van der Waals surface area contributed by atoms with Crippen LogP contribution in [-0.2, 0) is 25.4 Å². The van der Waals surface area contributed by atoms with Crippen LogP contribution < -0.4 is 23.4 Å². The minimum Gasteiger partial charge on any atom is -1.00 e. The lowest BCUT2D eigenvalue weighted by molar-refractivity contribution is -0.00000557. The van der Waals surface area contributed by atoms with E-state index >= 15 is 0 Å². The van der Waals surface area contributed by atoms with Crippen LogP contribution in [0, 0.1) is 0 Å². The van der Waals surface area contributed by atoms with Crippen LogP contribution >= 0.6 is 0 Å². The molecule has 0 radical (unpaired) electrons. The van der Waals surface area contributed by atoms with Gasteiger partial charge in [0.15, 0.2) is 0 Å². The minimum atomic E-state index is 0. The van der Waals surface area contributed by atoms with Gasteiger partial charge >= 0.3 is 5.69 Å². The molecule has 116 valence electrons. The van der Waals surface area contributed by atoms with Gasteiger partial charge in [0.1, 0.15) is 0 Å². The highest BCUT2D eigenvalue weighted by Crippen LogP contribution is 2.14. The molecule has 3 rings (SSSR count). The molecule has 2 heterocycles. The monoisotopic (exact) mass is 310 g/mol. The van der Waals surface area contributed by atoms with Gasteiger partial charge in [-0.25, -0.2) is 4.79 Å². The molecule has 1 aliphatic heterocycles. The topological polar surface area (TPSA) is 48.2 Å². The van der Waals surface area contributed by atoms with Gasteiger partial charge in [-0.15, -0.1) is 0 Å². The summed E-state index contributed by atoms with van der Waals surface area (Å²) in [6.45, 7) is 2.59. The smallest absolute Gasteiger partial charge is 0.328 e. The quantitative estimate of drug-likeness (QED) is 0.721. The van der Waals surface area contributed by atoms with E-state index in [1.807, 2.05) is 13.1 Å². The maximum absolute atomic E-state index is 11.9. The summed E-state index contributed by atoms with van der Waals surface area (Å²) in [5.74, 6) is 0. The van der Waals surface area contributed by atoms with Crippen molar-refractivity contribution in [1.29, 1.82) is 0 Å². The number of benzene rings is 1. The van der Waals surface area contributed by atoms with Crippen molar-refractivity contribution in [2.24, 2.45) is 14.1 Å². The molecule has 1 aliphatic rings. The first-order chi connectivity index (χ1) is 9.66. The fraction of sp³-hybridized carbons (Fsp3) is 0.533. The Morgan fingerprint density at radius 3 is 2.76 bits per heavy atom. The molecule has 1 fully saturated rings. The standard InChI is InChI=1S/C15H21N3O2.ClH/c1-17-13-6-5-11(8-14(13)18(2)15(17)19)9-16-10-12-4-3-7-20-12;/h5-6,8,12,16H,3-4,7,9-10H2,1-2H3;1H/p-1. The van der Waals surface area contributed by atoms with Crippen molar-refractivity contribution in [3.63, 3.8) is 0 Å². The summed E-state index contributed by atoms with van der Waals surface area (Å²) in [5.41, 5.74) is 3.16. The Morgan fingerprint density at radius 2 is 2.05 bits per heavy atom. The number of aromatic nitrogens is 2. The van der Waals surface area contributed by atoms with Gasteiger partial charge in [0.25, 0.3) is 0 Å². The Labute approximate surface area is 130 Å². The first-order valence-corrected chi connectivity index (χ1v) is 7.13. The molecular formula is C15H21ClN3O2-. The van der Waals surface area contributed by atoms with E-state index < -0.39 is 0 Å². The second-order valence-corrected chi connectivity index (χ2v) is 5.49. The predicted molar refractivity (Wildman–Crippen MR) is 78.8 cm³/mol. The molecule has 1 N–H and O–H groups in total. The van der Waals surface area contributed by atoms with Crippen LogP contribution in [0.25, 0.3) is 11.0 Å². The third-order valence-electron chi connectivity index (χ3n) is 4.06. The molecule has 1 saturated heterocycles. The molecule has 0 bridgehead atoms. The number of rotatable bonds is 4. The lowest BCUT2D eigenvalue weighted by atomic mass is 10.2. The van der Waals surface area contributed by atoms with Crippen LogP contribution in [0.3, 0.4) is 0 Å². The van der Waals surface area contributed by atoms with Gasteiger partial charge in [-0.2, -0.15) is 0 Å². The van der Waals surface area contributed by atoms with Crippen LogP contribution in [0.5, 0.6) is 0 Å². The van der Waals surface area contributed by atoms with Gasteiger partial charge < -0.3 is 22.5 Å². The van der Waals surface area contributed by atoms with Crippen LogP contribution in [-0.4, -0.2) is 28.4 Å². The molecule has 5 nitrogen and oxygen atoms in total. The second-order valence-electron chi connectivity index (χ2n) is 5.49. The number of hydrogen-bond donors (Lipinski definition) is 1. The molecule has 0 aliphatic carbocycles. The van der Waals surface area contributed by atoms with Crippen molar-refractivity contribution in [3.05, 3.63) is 34.2 Å². The van der Waals surface area contributed by atoms with Crippen LogP contribution in [0.1, 0.15) is 18.4 Å². The van der Waals surface area contributed by atoms with Crippen LogP contribution in [0.4, 0.5) is 0 Å². The highest BCUT2D eigenvalue weighted by Gasteiger charge is 2.14. The van der Waals surface area contributed by atoms with Crippen molar-refractivity contribution in [1.82, 2.24) is 14.5 Å². The molecule has 0 saturated carbocycles. The second kappa shape index (κ2) is 6.64. The summed E-state index contributed by atoms with van der Waals surface area (Å²) in [5, 5.41) is 3.43. The van der Waals surface area contributed by atoms with E-state index in [0.29, 0.717) is 6.10 Å². The van der Waals surface area contributed by atoms with Crippen molar-refractivity contribution < 1.29 is 17.1 Å². The van der Waals surface area contributed by atoms with E-state index in [-0.39, 0.29) is 18.1 Å². The zero-order valence-corrected chi connectivity index (χ0v) is 13.2. The average Bonchev–Trinajstić information content (AvgIpc) is 3.04. The summed E-state index contributed by atoms with van der Waals surface area (Å²) in [4.78, 5) is 11.9. The minimum absolute atomic E-state index is 0. The van der Waals surface area contributed by atoms with E-state index in [1.54, 1.807) is 16.2 Å². The molecule has 1 unspecified atom stereocenters. The average molecular weight is 311 g/mol. The lowest BCUT2D eigenvalue weighted by Crippen LogP contribution is -3.00.